The van der Waals surface area contributed by atoms with E-state index in [1.807, 2.05) is 0 Å². The SMILES string of the molecule is c1ccc(-c2ccccc2-c2ccccc2N(c2ccccc2)c2ccc3c(c2)C2(c4ccccc4-c4ccccc42)c2ccccc2C32c3ccccc3-c3ccccc32)cc1. The van der Waals surface area contributed by atoms with Gasteiger partial charge in [0.15, 0.2) is 0 Å². The van der Waals surface area contributed by atoms with Crippen molar-refractivity contribution in [2.75, 3.05) is 4.90 Å². The minimum absolute atomic E-state index is 0.542. The second-order valence-electron chi connectivity index (χ2n) is 17.1. The minimum Gasteiger partial charge on any atom is -0.310 e. The number of para-hydroxylation sites is 2. The summed E-state index contributed by atoms with van der Waals surface area (Å²) in [7, 11) is 0. The number of rotatable bonds is 5. The molecule has 1 heteroatoms. The van der Waals surface area contributed by atoms with Crippen molar-refractivity contribution in [1.29, 1.82) is 0 Å². The van der Waals surface area contributed by atoms with Gasteiger partial charge in [-0.05, 0) is 114 Å². The van der Waals surface area contributed by atoms with Gasteiger partial charge in [-0.15, -0.1) is 0 Å². The monoisotopic (exact) mass is 799 g/mol. The van der Waals surface area contributed by atoms with E-state index in [2.05, 4.69) is 254 Å². The van der Waals surface area contributed by atoms with Crippen molar-refractivity contribution in [3.05, 3.63) is 293 Å². The first-order chi connectivity index (χ1) is 31.3. The maximum absolute atomic E-state index is 2.56. The maximum atomic E-state index is 2.56. The zero-order valence-corrected chi connectivity index (χ0v) is 34.6. The molecule has 0 fully saturated rings. The van der Waals surface area contributed by atoms with E-state index in [0.717, 1.165) is 17.1 Å². The van der Waals surface area contributed by atoms with Crippen LogP contribution in [0.25, 0.3) is 44.5 Å². The highest BCUT2D eigenvalue weighted by atomic mass is 15.1. The number of fused-ring (bicyclic) bond motifs is 16. The lowest BCUT2D eigenvalue weighted by atomic mass is 9.52. The molecular formula is C62H41N. The molecule has 13 rings (SSSR count). The van der Waals surface area contributed by atoms with Crippen molar-refractivity contribution < 1.29 is 0 Å². The zero-order chi connectivity index (χ0) is 41.5. The smallest absolute Gasteiger partial charge is 0.0720 e. The lowest BCUT2D eigenvalue weighted by Crippen LogP contribution is -2.43. The van der Waals surface area contributed by atoms with Crippen molar-refractivity contribution in [2.24, 2.45) is 0 Å². The van der Waals surface area contributed by atoms with E-state index in [1.54, 1.807) is 0 Å². The Morgan fingerprint density at radius 1 is 0.222 bits per heavy atom. The molecule has 0 amide bonds. The van der Waals surface area contributed by atoms with Crippen LogP contribution in [-0.2, 0) is 10.8 Å². The first-order valence-corrected chi connectivity index (χ1v) is 22.0. The molecule has 0 aromatic heterocycles. The van der Waals surface area contributed by atoms with Gasteiger partial charge < -0.3 is 4.90 Å². The summed E-state index contributed by atoms with van der Waals surface area (Å²) in [6.07, 6.45) is 0. The van der Waals surface area contributed by atoms with Gasteiger partial charge in [-0.2, -0.15) is 0 Å². The van der Waals surface area contributed by atoms with Crippen LogP contribution in [0.2, 0.25) is 0 Å². The van der Waals surface area contributed by atoms with Gasteiger partial charge in [-0.3, -0.25) is 0 Å². The van der Waals surface area contributed by atoms with Crippen molar-refractivity contribution in [1.82, 2.24) is 0 Å². The van der Waals surface area contributed by atoms with Crippen LogP contribution in [0.15, 0.2) is 249 Å². The molecule has 0 bridgehead atoms. The molecule has 0 unspecified atom stereocenters. The van der Waals surface area contributed by atoms with Gasteiger partial charge in [0.2, 0.25) is 0 Å². The molecule has 0 saturated heterocycles. The van der Waals surface area contributed by atoms with Crippen LogP contribution in [-0.4, -0.2) is 0 Å². The highest BCUT2D eigenvalue weighted by molar-refractivity contribution is 5.97. The third kappa shape index (κ3) is 4.82. The summed E-state index contributed by atoms with van der Waals surface area (Å²) in [5.41, 5.74) is 22.8. The second kappa shape index (κ2) is 13.8. The van der Waals surface area contributed by atoms with Gasteiger partial charge in [-0.1, -0.05) is 218 Å². The molecule has 3 aliphatic rings. The molecule has 0 heterocycles. The number of hydrogen-bond donors (Lipinski definition) is 0. The van der Waals surface area contributed by atoms with Crippen molar-refractivity contribution in [2.45, 2.75) is 10.8 Å². The number of anilines is 3. The van der Waals surface area contributed by atoms with E-state index in [4.69, 9.17) is 0 Å². The molecule has 10 aromatic carbocycles. The van der Waals surface area contributed by atoms with Crippen LogP contribution in [0.5, 0.6) is 0 Å². The summed E-state index contributed by atoms with van der Waals surface area (Å²) in [4.78, 5) is 2.49. The van der Waals surface area contributed by atoms with Crippen LogP contribution < -0.4 is 4.90 Å². The Bertz CT molecular complexity index is 3320. The maximum Gasteiger partial charge on any atom is 0.0720 e. The predicted molar refractivity (Wildman–Crippen MR) is 260 cm³/mol. The average Bonchev–Trinajstić information content (AvgIpc) is 3.83. The van der Waals surface area contributed by atoms with Crippen molar-refractivity contribution in [3.8, 4) is 44.5 Å². The normalized spacial score (nSPS) is 14.0. The Hall–Kier alpha value is -8.00. The van der Waals surface area contributed by atoms with Gasteiger partial charge in [0.05, 0.1) is 16.5 Å². The molecule has 294 valence electrons. The van der Waals surface area contributed by atoms with E-state index in [1.165, 1.54) is 89.0 Å². The van der Waals surface area contributed by atoms with Gasteiger partial charge in [-0.25, -0.2) is 0 Å². The quantitative estimate of drug-likeness (QED) is 0.168. The van der Waals surface area contributed by atoms with Gasteiger partial charge >= 0.3 is 0 Å². The molecule has 0 atom stereocenters. The number of nitrogens with zero attached hydrogens (tertiary/aromatic N) is 1. The van der Waals surface area contributed by atoms with E-state index in [-0.39, 0.29) is 0 Å². The molecule has 1 nitrogen and oxygen atoms in total. The highest BCUT2D eigenvalue weighted by Crippen LogP contribution is 2.67. The fourth-order valence-corrected chi connectivity index (χ4v) is 11.9. The summed E-state index contributed by atoms with van der Waals surface area (Å²) in [6, 6.07) is 92.9. The van der Waals surface area contributed by atoms with Crippen LogP contribution in [0, 0.1) is 0 Å². The Labute approximate surface area is 368 Å². The highest BCUT2D eigenvalue weighted by Gasteiger charge is 2.59. The van der Waals surface area contributed by atoms with Gasteiger partial charge in [0.1, 0.15) is 0 Å². The molecule has 2 spiro atoms. The van der Waals surface area contributed by atoms with Crippen LogP contribution in [0.4, 0.5) is 17.1 Å². The third-order valence-corrected chi connectivity index (χ3v) is 14.2. The van der Waals surface area contributed by atoms with Crippen molar-refractivity contribution >= 4 is 17.1 Å². The topological polar surface area (TPSA) is 3.24 Å². The summed E-state index contributed by atoms with van der Waals surface area (Å²) < 4.78 is 0. The van der Waals surface area contributed by atoms with E-state index >= 15 is 0 Å². The Balaban J connectivity index is 1.16. The predicted octanol–water partition coefficient (Wildman–Crippen LogP) is 15.5. The van der Waals surface area contributed by atoms with Gasteiger partial charge in [0, 0.05) is 16.9 Å². The Morgan fingerprint density at radius 2 is 0.587 bits per heavy atom. The Kier molecular flexibility index (Phi) is 7.80. The summed E-state index contributed by atoms with van der Waals surface area (Å²) in [5.74, 6) is 0. The van der Waals surface area contributed by atoms with E-state index in [9.17, 15) is 0 Å². The van der Waals surface area contributed by atoms with Crippen LogP contribution in [0.3, 0.4) is 0 Å². The standard InChI is InChI=1S/C62H41N/c1-3-21-42(22-4-1)45-25-7-8-26-46(45)51-31-13-20-38-60(51)63(43-23-5-2-6-24-43)44-39-40-58-59(41-44)62(54-34-16-11-29-49(54)50-30-12-17-35-55(50)62)57-37-19-18-36-56(57)61(58)52-32-14-9-27-47(52)48-28-10-15-33-53(48)61/h1-41H. The first-order valence-electron chi connectivity index (χ1n) is 22.0. The Morgan fingerprint density at radius 3 is 1.11 bits per heavy atom. The first kappa shape index (κ1) is 35.7. The average molecular weight is 800 g/mol. The second-order valence-corrected chi connectivity index (χ2v) is 17.1. The third-order valence-electron chi connectivity index (χ3n) is 14.2. The number of benzene rings is 10. The van der Waals surface area contributed by atoms with E-state index < -0.39 is 10.8 Å². The van der Waals surface area contributed by atoms with Crippen LogP contribution >= 0.6 is 0 Å². The van der Waals surface area contributed by atoms with Crippen LogP contribution in [0.1, 0.15) is 44.5 Å². The molecule has 0 N–H and O–H groups in total. The molecule has 0 radical (unpaired) electrons. The van der Waals surface area contributed by atoms with Crippen molar-refractivity contribution in [3.63, 3.8) is 0 Å². The summed E-state index contributed by atoms with van der Waals surface area (Å²) in [6.45, 7) is 0. The van der Waals surface area contributed by atoms with Gasteiger partial charge in [0.25, 0.3) is 0 Å². The summed E-state index contributed by atoms with van der Waals surface area (Å²) >= 11 is 0. The zero-order valence-electron chi connectivity index (χ0n) is 34.6. The lowest BCUT2D eigenvalue weighted by Gasteiger charge is -2.49. The fraction of sp³-hybridized carbons (Fsp3) is 0.0323. The molecular weight excluding hydrogens is 759 g/mol. The summed E-state index contributed by atoms with van der Waals surface area (Å²) in [5, 5.41) is 0. The van der Waals surface area contributed by atoms with E-state index in [0.29, 0.717) is 0 Å². The molecule has 0 aliphatic heterocycles. The lowest BCUT2D eigenvalue weighted by molar-refractivity contribution is 0.633. The fourth-order valence-electron chi connectivity index (χ4n) is 11.9. The minimum atomic E-state index is -0.589. The molecule has 0 saturated carbocycles. The molecule has 63 heavy (non-hydrogen) atoms. The number of hydrogen-bond acceptors (Lipinski definition) is 1. The molecule has 3 aliphatic carbocycles. The molecule has 10 aromatic rings. The largest absolute Gasteiger partial charge is 0.310 e.